The maximum Gasteiger partial charge on any atom is 0.304 e. The molecule has 0 saturated carbocycles. The number of fused-ring (bicyclic) bond motifs is 3. The molecule has 6 nitrogen and oxygen atoms in total. The number of carbonyl (C=O) groups is 1. The molecule has 2 aromatic heterocycles. The van der Waals surface area contributed by atoms with E-state index in [-0.39, 0.29) is 12.3 Å². The molecule has 0 amide bonds. The van der Waals surface area contributed by atoms with E-state index in [0.29, 0.717) is 11.7 Å². The molecule has 0 radical (unpaired) electrons. The number of carboxylic acid groups (broad SMARTS) is 1. The molecular weight excluding hydrogens is 282 g/mol. The van der Waals surface area contributed by atoms with E-state index in [1.165, 1.54) is 0 Å². The number of hydrogen-bond acceptors (Lipinski definition) is 4. The highest BCUT2D eigenvalue weighted by atomic mass is 16.5. The van der Waals surface area contributed by atoms with E-state index in [1.807, 2.05) is 18.2 Å². The number of aryl methyl sites for hydroxylation is 2. The molecular formula is C16H15N3O3. The monoisotopic (exact) mass is 297 g/mol. The number of benzene rings is 1. The first kappa shape index (κ1) is 13.1. The van der Waals surface area contributed by atoms with E-state index >= 15 is 0 Å². The van der Waals surface area contributed by atoms with Gasteiger partial charge < -0.3 is 14.2 Å². The molecule has 1 N–H and O–H groups in total. The highest BCUT2D eigenvalue weighted by molar-refractivity contribution is 5.86. The summed E-state index contributed by atoms with van der Waals surface area (Å²) >= 11 is 0. The summed E-state index contributed by atoms with van der Waals surface area (Å²) in [5, 5.41) is 14.1. The topological polar surface area (TPSA) is 81.2 Å². The van der Waals surface area contributed by atoms with Gasteiger partial charge in [0, 0.05) is 41.5 Å². The zero-order valence-corrected chi connectivity index (χ0v) is 12.1. The Kier molecular flexibility index (Phi) is 2.79. The molecule has 6 heteroatoms. The minimum Gasteiger partial charge on any atom is -0.481 e. The third-order valence-corrected chi connectivity index (χ3v) is 4.26. The van der Waals surface area contributed by atoms with Crippen LogP contribution in [0, 0.1) is 6.92 Å². The molecule has 3 aromatic rings. The Balaban J connectivity index is 1.78. The lowest BCUT2D eigenvalue weighted by Crippen LogP contribution is -2.02. The predicted octanol–water partition coefficient (Wildman–Crippen LogP) is 2.96. The van der Waals surface area contributed by atoms with Gasteiger partial charge in [-0.05, 0) is 30.7 Å². The van der Waals surface area contributed by atoms with Crippen molar-refractivity contribution in [3.63, 3.8) is 0 Å². The molecule has 0 unspecified atom stereocenters. The van der Waals surface area contributed by atoms with Gasteiger partial charge in [-0.2, -0.15) is 4.98 Å². The first-order valence-corrected chi connectivity index (χ1v) is 7.27. The van der Waals surface area contributed by atoms with Crippen molar-refractivity contribution in [1.29, 1.82) is 0 Å². The van der Waals surface area contributed by atoms with Crippen LogP contribution in [0.1, 0.15) is 30.3 Å². The second-order valence-electron chi connectivity index (χ2n) is 5.71. The van der Waals surface area contributed by atoms with Gasteiger partial charge in [0.25, 0.3) is 0 Å². The summed E-state index contributed by atoms with van der Waals surface area (Å²) in [4.78, 5) is 15.2. The molecule has 1 aliphatic rings. The number of nitrogens with zero attached hydrogens (tertiary/aromatic N) is 3. The lowest BCUT2D eigenvalue weighted by Gasteiger charge is -2.04. The van der Waals surface area contributed by atoms with Gasteiger partial charge in [0.15, 0.2) is 0 Å². The summed E-state index contributed by atoms with van der Waals surface area (Å²) in [5.74, 6) is 0.469. The summed E-state index contributed by atoms with van der Waals surface area (Å²) in [7, 11) is 0. The molecule has 0 spiro atoms. The van der Waals surface area contributed by atoms with Crippen LogP contribution in [0.4, 0.5) is 0 Å². The maximum absolute atomic E-state index is 11.0. The van der Waals surface area contributed by atoms with Gasteiger partial charge in [-0.25, -0.2) is 0 Å². The van der Waals surface area contributed by atoms with Gasteiger partial charge >= 0.3 is 5.97 Å². The number of aromatic nitrogens is 3. The van der Waals surface area contributed by atoms with Crippen LogP contribution in [-0.4, -0.2) is 25.8 Å². The van der Waals surface area contributed by atoms with Crippen LogP contribution in [0.5, 0.6) is 0 Å². The average molecular weight is 297 g/mol. The molecule has 112 valence electrons. The largest absolute Gasteiger partial charge is 0.481 e. The molecule has 0 fully saturated rings. The molecule has 0 saturated heterocycles. The summed E-state index contributed by atoms with van der Waals surface area (Å²) in [5.41, 5.74) is 3.15. The van der Waals surface area contributed by atoms with Crippen molar-refractivity contribution in [2.45, 2.75) is 32.2 Å². The zero-order chi connectivity index (χ0) is 15.3. The van der Waals surface area contributed by atoms with E-state index in [1.54, 1.807) is 6.92 Å². The Bertz CT molecular complexity index is 878. The molecule has 1 atom stereocenters. The van der Waals surface area contributed by atoms with E-state index in [2.05, 4.69) is 20.8 Å². The highest BCUT2D eigenvalue weighted by Crippen LogP contribution is 2.37. The van der Waals surface area contributed by atoms with Crippen LogP contribution in [0.2, 0.25) is 0 Å². The fourth-order valence-electron chi connectivity index (χ4n) is 3.29. The minimum absolute atomic E-state index is 0.0979. The zero-order valence-electron chi connectivity index (χ0n) is 12.1. The Labute approximate surface area is 126 Å². The van der Waals surface area contributed by atoms with Gasteiger partial charge in [-0.15, -0.1) is 0 Å². The number of hydrogen-bond donors (Lipinski definition) is 1. The average Bonchev–Trinajstić information content (AvgIpc) is 3.14. The minimum atomic E-state index is -0.744. The van der Waals surface area contributed by atoms with Gasteiger partial charge in [-0.3, -0.25) is 4.79 Å². The second-order valence-corrected chi connectivity index (χ2v) is 5.71. The van der Waals surface area contributed by atoms with Gasteiger partial charge in [0.05, 0.1) is 6.42 Å². The van der Waals surface area contributed by atoms with Crippen LogP contribution < -0.4 is 0 Å². The predicted molar refractivity (Wildman–Crippen MR) is 79.6 cm³/mol. The van der Waals surface area contributed by atoms with Crippen molar-refractivity contribution < 1.29 is 14.4 Å². The summed E-state index contributed by atoms with van der Waals surface area (Å²) in [6, 6.07) is 8.14. The number of carboxylic acids is 1. The molecule has 3 heterocycles. The van der Waals surface area contributed by atoms with Crippen LogP contribution in [0.15, 0.2) is 28.8 Å². The summed E-state index contributed by atoms with van der Waals surface area (Å²) in [6.07, 6.45) is 1.08. The van der Waals surface area contributed by atoms with Crippen LogP contribution >= 0.6 is 0 Å². The van der Waals surface area contributed by atoms with Crippen molar-refractivity contribution in [3.05, 3.63) is 35.9 Å². The summed E-state index contributed by atoms with van der Waals surface area (Å²) < 4.78 is 7.24. The molecule has 0 aliphatic carbocycles. The van der Waals surface area contributed by atoms with E-state index in [0.717, 1.165) is 35.1 Å². The van der Waals surface area contributed by atoms with Gasteiger partial charge in [-0.1, -0.05) is 5.16 Å². The standard InChI is InChI=1S/C16H15N3O3/c1-9-17-16(18-22-9)11-2-3-13-12(6-11)7-14-10(8-15(20)21)4-5-19(13)14/h2-3,6-7,10H,4-5,8H2,1H3,(H,20,21)/t10-/m1/s1. The lowest BCUT2D eigenvalue weighted by atomic mass is 10.0. The van der Waals surface area contributed by atoms with Crippen LogP contribution in [-0.2, 0) is 11.3 Å². The normalized spacial score (nSPS) is 17.0. The number of aliphatic carboxylic acids is 1. The van der Waals surface area contributed by atoms with Crippen LogP contribution in [0.3, 0.4) is 0 Å². The quantitative estimate of drug-likeness (QED) is 0.803. The van der Waals surface area contributed by atoms with E-state index in [4.69, 9.17) is 9.63 Å². The van der Waals surface area contributed by atoms with Crippen molar-refractivity contribution in [1.82, 2.24) is 14.7 Å². The van der Waals surface area contributed by atoms with E-state index < -0.39 is 5.97 Å². The molecule has 4 rings (SSSR count). The fourth-order valence-corrected chi connectivity index (χ4v) is 3.29. The van der Waals surface area contributed by atoms with Crippen LogP contribution in [0.25, 0.3) is 22.3 Å². The Morgan fingerprint density at radius 2 is 2.32 bits per heavy atom. The molecule has 0 bridgehead atoms. The highest BCUT2D eigenvalue weighted by Gasteiger charge is 2.26. The molecule has 1 aromatic carbocycles. The summed E-state index contributed by atoms with van der Waals surface area (Å²) in [6.45, 7) is 2.63. The smallest absolute Gasteiger partial charge is 0.304 e. The maximum atomic E-state index is 11.0. The second kappa shape index (κ2) is 4.69. The van der Waals surface area contributed by atoms with Gasteiger partial charge in [0.1, 0.15) is 0 Å². The Morgan fingerprint density at radius 1 is 1.45 bits per heavy atom. The van der Waals surface area contributed by atoms with Crippen molar-refractivity contribution in [2.75, 3.05) is 0 Å². The fraction of sp³-hybridized carbons (Fsp3) is 0.312. The number of rotatable bonds is 3. The Morgan fingerprint density at radius 3 is 3.05 bits per heavy atom. The van der Waals surface area contributed by atoms with Crippen molar-refractivity contribution in [2.24, 2.45) is 0 Å². The van der Waals surface area contributed by atoms with Crippen molar-refractivity contribution in [3.8, 4) is 11.4 Å². The van der Waals surface area contributed by atoms with Crippen molar-refractivity contribution >= 4 is 16.9 Å². The Hall–Kier alpha value is -2.63. The van der Waals surface area contributed by atoms with Gasteiger partial charge in [0.2, 0.25) is 11.7 Å². The SMILES string of the molecule is Cc1nc(-c2ccc3c(c2)cc2n3CC[C@@H]2CC(=O)O)no1. The third kappa shape index (κ3) is 1.99. The first-order valence-electron chi connectivity index (χ1n) is 7.27. The third-order valence-electron chi connectivity index (χ3n) is 4.26. The lowest BCUT2D eigenvalue weighted by molar-refractivity contribution is -0.137. The molecule has 1 aliphatic heterocycles. The molecule has 22 heavy (non-hydrogen) atoms. The first-order chi connectivity index (χ1) is 10.6. The van der Waals surface area contributed by atoms with E-state index in [9.17, 15) is 4.79 Å².